The maximum Gasteiger partial charge on any atom is 0.416 e. The first-order chi connectivity index (χ1) is 16.0. The number of alkyl halides is 3. The van der Waals surface area contributed by atoms with Crippen molar-refractivity contribution >= 4 is 44.1 Å². The number of urea groups is 1. The molecule has 1 heterocycles. The Morgan fingerprint density at radius 1 is 0.971 bits per heavy atom. The molecule has 3 aromatic carbocycles. The van der Waals surface area contributed by atoms with Crippen LogP contribution in [0.1, 0.15) is 11.1 Å². The number of halogens is 3. The summed E-state index contributed by atoms with van der Waals surface area (Å²) in [6, 6.07) is 12.5. The van der Waals surface area contributed by atoms with Gasteiger partial charge in [0.05, 0.1) is 33.5 Å². The van der Waals surface area contributed by atoms with Crippen LogP contribution in [-0.4, -0.2) is 24.4 Å². The van der Waals surface area contributed by atoms with Gasteiger partial charge >= 0.3 is 12.2 Å². The molecule has 4 N–H and O–H groups in total. The molecule has 0 spiro atoms. The minimum Gasteiger partial charge on any atom is -0.343 e. The number of imidazole rings is 1. The van der Waals surface area contributed by atoms with Crippen LogP contribution in [0.25, 0.3) is 11.0 Å². The molecule has 0 aliphatic heterocycles. The number of H-pyrrole nitrogens is 1. The van der Waals surface area contributed by atoms with E-state index in [0.29, 0.717) is 22.3 Å². The summed E-state index contributed by atoms with van der Waals surface area (Å²) in [6.45, 7) is 1.60. The van der Waals surface area contributed by atoms with Gasteiger partial charge in [0, 0.05) is 11.4 Å². The zero-order valence-corrected chi connectivity index (χ0v) is 18.4. The fraction of sp³-hybridized carbons (Fsp3) is 0.0909. The van der Waals surface area contributed by atoms with Crippen molar-refractivity contribution in [3.8, 4) is 0 Å². The Kier molecular flexibility index (Phi) is 5.92. The molecule has 2 amide bonds. The average molecular weight is 489 g/mol. The third kappa shape index (κ3) is 4.96. The minimum atomic E-state index is -4.55. The maximum atomic E-state index is 13.1. The highest BCUT2D eigenvalue weighted by Crippen LogP contribution is 2.31. The van der Waals surface area contributed by atoms with E-state index in [4.69, 9.17) is 0 Å². The lowest BCUT2D eigenvalue weighted by Crippen LogP contribution is -2.20. The van der Waals surface area contributed by atoms with Crippen LogP contribution in [0.4, 0.5) is 35.0 Å². The number of aryl methyl sites for hydroxylation is 1. The molecule has 0 saturated carbocycles. The third-order valence-electron chi connectivity index (χ3n) is 4.88. The molecule has 4 rings (SSSR count). The molecule has 0 aliphatic rings. The lowest BCUT2D eigenvalue weighted by Gasteiger charge is -2.14. The number of nitrogens with one attached hydrogen (secondary N) is 4. The van der Waals surface area contributed by atoms with Gasteiger partial charge < -0.3 is 15.6 Å². The van der Waals surface area contributed by atoms with Gasteiger partial charge in [0.1, 0.15) is 0 Å². The Morgan fingerprint density at radius 2 is 1.68 bits per heavy atom. The van der Waals surface area contributed by atoms with E-state index in [2.05, 4.69) is 25.3 Å². The van der Waals surface area contributed by atoms with Gasteiger partial charge in [-0.2, -0.15) is 13.2 Å². The van der Waals surface area contributed by atoms with Crippen molar-refractivity contribution in [3.05, 3.63) is 78.1 Å². The number of hydrogen-bond donors (Lipinski definition) is 4. The number of rotatable bonds is 5. The highest BCUT2D eigenvalue weighted by Gasteiger charge is 2.30. The molecule has 176 valence electrons. The molecule has 8 nitrogen and oxygen atoms in total. The van der Waals surface area contributed by atoms with E-state index in [1.54, 1.807) is 25.1 Å². The average Bonchev–Trinajstić information content (AvgIpc) is 3.24. The van der Waals surface area contributed by atoms with Gasteiger partial charge in [-0.1, -0.05) is 18.2 Å². The van der Waals surface area contributed by atoms with Gasteiger partial charge in [-0.3, -0.25) is 4.72 Å². The smallest absolute Gasteiger partial charge is 0.343 e. The van der Waals surface area contributed by atoms with Crippen molar-refractivity contribution in [2.24, 2.45) is 0 Å². The minimum absolute atomic E-state index is 0.0680. The largest absolute Gasteiger partial charge is 0.416 e. The fourth-order valence-electron chi connectivity index (χ4n) is 3.28. The Labute approximate surface area is 192 Å². The Bertz CT molecular complexity index is 1480. The van der Waals surface area contributed by atoms with E-state index in [0.717, 1.165) is 12.1 Å². The third-order valence-corrected chi connectivity index (χ3v) is 6.39. The van der Waals surface area contributed by atoms with Crippen molar-refractivity contribution in [2.75, 3.05) is 15.4 Å². The summed E-state index contributed by atoms with van der Waals surface area (Å²) in [5.74, 6) is 0. The summed E-state index contributed by atoms with van der Waals surface area (Å²) in [5.41, 5.74) is 0.976. The number of amides is 2. The van der Waals surface area contributed by atoms with Crippen LogP contribution < -0.4 is 15.4 Å². The number of para-hydroxylation sites is 1. The molecule has 34 heavy (non-hydrogen) atoms. The van der Waals surface area contributed by atoms with Gasteiger partial charge in [-0.25, -0.2) is 18.2 Å². The van der Waals surface area contributed by atoms with Gasteiger partial charge in [0.25, 0.3) is 10.0 Å². The van der Waals surface area contributed by atoms with E-state index in [9.17, 15) is 26.4 Å². The molecular weight excluding hydrogens is 471 g/mol. The molecular formula is C22H18F3N5O3S. The van der Waals surface area contributed by atoms with Crippen molar-refractivity contribution in [2.45, 2.75) is 18.0 Å². The summed E-state index contributed by atoms with van der Waals surface area (Å²) < 4.78 is 67.3. The number of aromatic amines is 1. The topological polar surface area (TPSA) is 116 Å². The standard InChI is InChI=1S/C22H18F3N5O3S/c1-13-8-9-16(29-21(31)28-15-5-2-4-14(10-15)22(23,24)25)11-19(13)34(32,33)30-18-7-3-6-17-20(18)27-12-26-17/h2-12,30H,1H3,(H,26,27)(H2,28,29,31). The molecule has 0 fully saturated rings. The fourth-order valence-corrected chi connectivity index (χ4v) is 4.63. The molecule has 0 atom stereocenters. The number of anilines is 3. The predicted molar refractivity (Wildman–Crippen MR) is 122 cm³/mol. The summed E-state index contributed by atoms with van der Waals surface area (Å²) >= 11 is 0. The quantitative estimate of drug-likeness (QED) is 0.303. The summed E-state index contributed by atoms with van der Waals surface area (Å²) in [6.07, 6.45) is -3.11. The number of fused-ring (bicyclic) bond motifs is 1. The molecule has 0 unspecified atom stereocenters. The summed E-state index contributed by atoms with van der Waals surface area (Å²) in [4.78, 5) is 19.2. The molecule has 0 radical (unpaired) electrons. The zero-order chi connectivity index (χ0) is 24.5. The van der Waals surface area contributed by atoms with E-state index < -0.39 is 27.8 Å². The molecule has 12 heteroatoms. The number of hydrogen-bond acceptors (Lipinski definition) is 4. The SMILES string of the molecule is Cc1ccc(NC(=O)Nc2cccc(C(F)(F)F)c2)cc1S(=O)(=O)Nc1cccc2nc[nH]c12. The second-order valence-corrected chi connectivity index (χ2v) is 9.00. The molecule has 4 aromatic rings. The highest BCUT2D eigenvalue weighted by molar-refractivity contribution is 7.92. The zero-order valence-electron chi connectivity index (χ0n) is 17.6. The van der Waals surface area contributed by atoms with Crippen LogP contribution >= 0.6 is 0 Å². The number of carbonyl (C=O) groups is 1. The Balaban J connectivity index is 1.54. The molecule has 0 aliphatic carbocycles. The second-order valence-electron chi connectivity index (χ2n) is 7.35. The van der Waals surface area contributed by atoms with Crippen LogP contribution in [0.5, 0.6) is 0 Å². The van der Waals surface area contributed by atoms with E-state index in [-0.39, 0.29) is 16.3 Å². The van der Waals surface area contributed by atoms with E-state index in [1.165, 1.54) is 36.7 Å². The lowest BCUT2D eigenvalue weighted by atomic mass is 10.2. The number of benzene rings is 3. The van der Waals surface area contributed by atoms with E-state index >= 15 is 0 Å². The van der Waals surface area contributed by atoms with Crippen molar-refractivity contribution in [1.29, 1.82) is 0 Å². The van der Waals surface area contributed by atoms with E-state index in [1.807, 2.05) is 0 Å². The van der Waals surface area contributed by atoms with Crippen LogP contribution in [0.2, 0.25) is 0 Å². The van der Waals surface area contributed by atoms with Crippen molar-refractivity contribution < 1.29 is 26.4 Å². The summed E-state index contributed by atoms with van der Waals surface area (Å²) in [7, 11) is -4.05. The van der Waals surface area contributed by atoms with Gasteiger partial charge in [-0.05, 0) is 55.0 Å². The summed E-state index contributed by atoms with van der Waals surface area (Å²) in [5, 5.41) is 4.74. The first kappa shape index (κ1) is 23.1. The first-order valence-corrected chi connectivity index (χ1v) is 11.3. The van der Waals surface area contributed by atoms with Gasteiger partial charge in [-0.15, -0.1) is 0 Å². The monoisotopic (exact) mass is 489 g/mol. The van der Waals surface area contributed by atoms with Crippen LogP contribution in [0.15, 0.2) is 71.9 Å². The maximum absolute atomic E-state index is 13.1. The Hall–Kier alpha value is -4.06. The molecule has 1 aromatic heterocycles. The highest BCUT2D eigenvalue weighted by atomic mass is 32.2. The normalized spacial score (nSPS) is 11.9. The number of nitrogens with zero attached hydrogens (tertiary/aromatic N) is 1. The van der Waals surface area contributed by atoms with Crippen LogP contribution in [0.3, 0.4) is 0 Å². The van der Waals surface area contributed by atoms with Crippen LogP contribution in [-0.2, 0) is 16.2 Å². The van der Waals surface area contributed by atoms with Gasteiger partial charge in [0.15, 0.2) is 0 Å². The molecule has 0 bridgehead atoms. The first-order valence-electron chi connectivity index (χ1n) is 9.84. The van der Waals surface area contributed by atoms with Crippen molar-refractivity contribution in [1.82, 2.24) is 9.97 Å². The number of aromatic nitrogens is 2. The lowest BCUT2D eigenvalue weighted by molar-refractivity contribution is -0.137. The molecule has 0 saturated heterocycles. The number of carbonyl (C=O) groups excluding carboxylic acids is 1. The van der Waals surface area contributed by atoms with Crippen LogP contribution in [0, 0.1) is 6.92 Å². The Morgan fingerprint density at radius 3 is 2.41 bits per heavy atom. The second kappa shape index (κ2) is 8.71. The van der Waals surface area contributed by atoms with Gasteiger partial charge in [0.2, 0.25) is 0 Å². The number of sulfonamides is 1. The predicted octanol–water partition coefficient (Wildman–Crippen LogP) is 5.33. The van der Waals surface area contributed by atoms with Crippen molar-refractivity contribution in [3.63, 3.8) is 0 Å².